The molecule has 1 aliphatic carbocycles. The molecule has 0 aliphatic heterocycles. The summed E-state index contributed by atoms with van der Waals surface area (Å²) in [6.07, 6.45) is 3.67. The van der Waals surface area contributed by atoms with Gasteiger partial charge in [0.25, 0.3) is 0 Å². The zero-order valence-corrected chi connectivity index (χ0v) is 7.93. The van der Waals surface area contributed by atoms with Crippen molar-refractivity contribution in [2.45, 2.75) is 17.7 Å². The fraction of sp³-hybridized carbons (Fsp3) is 0.625. The molecule has 0 spiro atoms. The largest absolute Gasteiger partial charge is 0.352 e. The summed E-state index contributed by atoms with van der Waals surface area (Å²) in [6, 6.07) is 0. The minimum absolute atomic E-state index is 0.0666. The van der Waals surface area contributed by atoms with Gasteiger partial charge in [-0.3, -0.25) is 4.79 Å². The van der Waals surface area contributed by atoms with E-state index in [1.807, 2.05) is 0 Å². The van der Waals surface area contributed by atoms with Gasteiger partial charge in [0.05, 0.1) is 0 Å². The Hall–Kier alpha value is -0.310. The van der Waals surface area contributed by atoms with Crippen LogP contribution in [-0.4, -0.2) is 17.3 Å². The highest BCUT2D eigenvalue weighted by Gasteiger charge is 2.26. The van der Waals surface area contributed by atoms with Gasteiger partial charge < -0.3 is 5.32 Å². The molecule has 1 amide bonds. The molecule has 0 heterocycles. The van der Waals surface area contributed by atoms with E-state index in [9.17, 15) is 4.79 Å². The maximum atomic E-state index is 10.7. The molecule has 0 atom stereocenters. The zero-order valence-electron chi connectivity index (χ0n) is 6.35. The predicted molar refractivity (Wildman–Crippen MR) is 48.6 cm³/mol. The Labute approximate surface area is 75.2 Å². The van der Waals surface area contributed by atoms with Crippen molar-refractivity contribution >= 4 is 21.8 Å². The van der Waals surface area contributed by atoms with Crippen LogP contribution in [-0.2, 0) is 4.79 Å². The number of carbonyl (C=O) groups is 1. The first-order chi connectivity index (χ1) is 5.22. The third-order valence-electron chi connectivity index (χ3n) is 1.93. The van der Waals surface area contributed by atoms with Gasteiger partial charge in [0, 0.05) is 11.4 Å². The highest BCUT2D eigenvalue weighted by Crippen LogP contribution is 2.32. The molecule has 1 rings (SSSR count). The van der Waals surface area contributed by atoms with Crippen LogP contribution in [0.1, 0.15) is 12.8 Å². The van der Waals surface area contributed by atoms with Crippen LogP contribution < -0.4 is 5.32 Å². The van der Waals surface area contributed by atoms with Gasteiger partial charge >= 0.3 is 0 Å². The monoisotopic (exact) mass is 217 g/mol. The van der Waals surface area contributed by atoms with Crippen LogP contribution in [0.15, 0.2) is 12.7 Å². The second-order valence-electron chi connectivity index (χ2n) is 2.88. The van der Waals surface area contributed by atoms with Gasteiger partial charge in [0.2, 0.25) is 5.91 Å². The lowest BCUT2D eigenvalue weighted by molar-refractivity contribution is -0.116. The Morgan fingerprint density at radius 3 is 2.82 bits per heavy atom. The van der Waals surface area contributed by atoms with Gasteiger partial charge in [-0.2, -0.15) is 0 Å². The SMILES string of the molecule is C=CC(=O)NCC1CC(Br)C1. The zero-order chi connectivity index (χ0) is 8.27. The third kappa shape index (κ3) is 2.66. The molecule has 0 aromatic rings. The quantitative estimate of drug-likeness (QED) is 0.564. The molecule has 3 heteroatoms. The van der Waals surface area contributed by atoms with Crippen LogP contribution in [0.2, 0.25) is 0 Å². The fourth-order valence-electron chi connectivity index (χ4n) is 1.14. The molecule has 2 nitrogen and oxygen atoms in total. The molecule has 1 N–H and O–H groups in total. The number of alkyl halides is 1. The van der Waals surface area contributed by atoms with E-state index in [0.29, 0.717) is 10.7 Å². The minimum Gasteiger partial charge on any atom is -0.352 e. The van der Waals surface area contributed by atoms with Crippen molar-refractivity contribution in [2.75, 3.05) is 6.54 Å². The van der Waals surface area contributed by atoms with Gasteiger partial charge in [-0.25, -0.2) is 0 Å². The third-order valence-corrected chi connectivity index (χ3v) is 2.68. The molecular formula is C8H12BrNO. The number of amides is 1. The Bertz CT molecular complexity index is 163. The van der Waals surface area contributed by atoms with Crippen LogP contribution in [0.3, 0.4) is 0 Å². The number of hydrogen-bond donors (Lipinski definition) is 1. The van der Waals surface area contributed by atoms with E-state index in [2.05, 4.69) is 27.8 Å². The Balaban J connectivity index is 2.04. The van der Waals surface area contributed by atoms with E-state index in [1.54, 1.807) is 0 Å². The maximum absolute atomic E-state index is 10.7. The first-order valence-electron chi connectivity index (χ1n) is 3.76. The van der Waals surface area contributed by atoms with E-state index < -0.39 is 0 Å². The first-order valence-corrected chi connectivity index (χ1v) is 4.68. The molecule has 1 aliphatic rings. The van der Waals surface area contributed by atoms with Crippen LogP contribution >= 0.6 is 15.9 Å². The van der Waals surface area contributed by atoms with Crippen LogP contribution in [0.25, 0.3) is 0 Å². The lowest BCUT2D eigenvalue weighted by atomic mass is 9.85. The van der Waals surface area contributed by atoms with Crippen LogP contribution in [0.4, 0.5) is 0 Å². The predicted octanol–water partition coefficient (Wildman–Crippen LogP) is 1.46. The summed E-state index contributed by atoms with van der Waals surface area (Å²) in [7, 11) is 0. The average Bonchev–Trinajstić information content (AvgIpc) is 1.95. The molecule has 0 bridgehead atoms. The summed E-state index contributed by atoms with van der Waals surface area (Å²) in [5.41, 5.74) is 0. The van der Waals surface area contributed by atoms with E-state index >= 15 is 0 Å². The van der Waals surface area contributed by atoms with E-state index in [0.717, 1.165) is 6.54 Å². The summed E-state index contributed by atoms with van der Waals surface area (Å²) >= 11 is 3.49. The summed E-state index contributed by atoms with van der Waals surface area (Å²) in [5.74, 6) is 0.603. The number of nitrogens with one attached hydrogen (secondary N) is 1. The number of carbonyl (C=O) groups excluding carboxylic acids is 1. The topological polar surface area (TPSA) is 29.1 Å². The van der Waals surface area contributed by atoms with Crippen molar-refractivity contribution in [3.63, 3.8) is 0 Å². The highest BCUT2D eigenvalue weighted by molar-refractivity contribution is 9.09. The van der Waals surface area contributed by atoms with Gasteiger partial charge in [0.1, 0.15) is 0 Å². The summed E-state index contributed by atoms with van der Waals surface area (Å²) in [6.45, 7) is 4.17. The normalized spacial score (nSPS) is 28.8. The second-order valence-corrected chi connectivity index (χ2v) is 4.18. The molecule has 62 valence electrons. The Morgan fingerprint density at radius 2 is 2.36 bits per heavy atom. The lowest BCUT2D eigenvalue weighted by Gasteiger charge is -2.30. The molecule has 1 fully saturated rings. The van der Waals surface area contributed by atoms with Gasteiger partial charge in [-0.1, -0.05) is 22.5 Å². The second kappa shape index (κ2) is 3.90. The summed E-state index contributed by atoms with van der Waals surface area (Å²) < 4.78 is 0. The smallest absolute Gasteiger partial charge is 0.243 e. The van der Waals surface area contributed by atoms with Crippen molar-refractivity contribution in [1.82, 2.24) is 5.32 Å². The van der Waals surface area contributed by atoms with Gasteiger partial charge in [-0.05, 0) is 24.8 Å². The molecule has 0 saturated heterocycles. The van der Waals surface area contributed by atoms with Crippen molar-refractivity contribution in [1.29, 1.82) is 0 Å². The average molecular weight is 218 g/mol. The van der Waals surface area contributed by atoms with Crippen LogP contribution in [0, 0.1) is 5.92 Å². The molecular weight excluding hydrogens is 206 g/mol. The van der Waals surface area contributed by atoms with E-state index in [1.165, 1.54) is 18.9 Å². The molecule has 0 aromatic carbocycles. The molecule has 0 aromatic heterocycles. The van der Waals surface area contributed by atoms with Gasteiger partial charge in [-0.15, -0.1) is 0 Å². The van der Waals surface area contributed by atoms with Crippen molar-refractivity contribution in [2.24, 2.45) is 5.92 Å². The lowest BCUT2D eigenvalue weighted by Crippen LogP contribution is -2.35. The molecule has 1 saturated carbocycles. The number of hydrogen-bond acceptors (Lipinski definition) is 1. The molecule has 0 unspecified atom stereocenters. The van der Waals surface area contributed by atoms with Crippen molar-refractivity contribution in [3.8, 4) is 0 Å². The maximum Gasteiger partial charge on any atom is 0.243 e. The van der Waals surface area contributed by atoms with Gasteiger partial charge in [0.15, 0.2) is 0 Å². The Kier molecular flexibility index (Phi) is 3.12. The number of halogens is 1. The Morgan fingerprint density at radius 1 is 1.73 bits per heavy atom. The van der Waals surface area contributed by atoms with Crippen molar-refractivity contribution in [3.05, 3.63) is 12.7 Å². The van der Waals surface area contributed by atoms with Crippen LogP contribution in [0.5, 0.6) is 0 Å². The van der Waals surface area contributed by atoms with E-state index in [4.69, 9.17) is 0 Å². The summed E-state index contributed by atoms with van der Waals surface area (Å²) in [4.78, 5) is 11.4. The van der Waals surface area contributed by atoms with Crippen molar-refractivity contribution < 1.29 is 4.79 Å². The fourth-order valence-corrected chi connectivity index (χ4v) is 2.20. The highest BCUT2D eigenvalue weighted by atomic mass is 79.9. The minimum atomic E-state index is -0.0666. The molecule has 11 heavy (non-hydrogen) atoms. The van der Waals surface area contributed by atoms with E-state index in [-0.39, 0.29) is 5.91 Å². The number of rotatable bonds is 3. The molecule has 0 radical (unpaired) electrons. The summed E-state index contributed by atoms with van der Waals surface area (Å²) in [5, 5.41) is 2.78. The first kappa shape index (κ1) is 8.78. The standard InChI is InChI=1S/C8H12BrNO/c1-2-8(11)10-5-6-3-7(9)4-6/h2,6-7H,1,3-5H2,(H,10,11).